The number of furan rings is 1. The average molecular weight is 910 g/mol. The van der Waals surface area contributed by atoms with E-state index in [1.165, 1.54) is 110 Å². The molecule has 4 aliphatic rings. The normalized spacial score (nSPS) is 20.8. The van der Waals surface area contributed by atoms with Gasteiger partial charge in [-0.05, 0) is 109 Å². The van der Waals surface area contributed by atoms with E-state index in [1.807, 2.05) is 0 Å². The van der Waals surface area contributed by atoms with Crippen LogP contribution in [-0.2, 0) is 13.0 Å². The van der Waals surface area contributed by atoms with E-state index < -0.39 is 8.07 Å². The molecule has 0 bridgehead atoms. The first kappa shape index (κ1) is 43.3. The number of allylic oxidation sites excluding steroid dienone is 5. The molecule has 0 spiro atoms. The van der Waals surface area contributed by atoms with Gasteiger partial charge in [0.2, 0.25) is 5.69 Å². The van der Waals surface area contributed by atoms with Crippen LogP contribution in [0, 0.1) is 5.41 Å². The number of imidazole rings is 1. The van der Waals surface area contributed by atoms with Crippen LogP contribution in [0.15, 0.2) is 150 Å². The number of aromatic nitrogens is 3. The molecule has 12 rings (SSSR count). The van der Waals surface area contributed by atoms with Crippen LogP contribution in [0.3, 0.4) is 0 Å². The quantitative estimate of drug-likeness (QED) is 0.121. The minimum absolute atomic E-state index is 0.195. The summed E-state index contributed by atoms with van der Waals surface area (Å²) in [5.41, 5.74) is 19.0. The van der Waals surface area contributed by atoms with Crippen LogP contribution in [0.25, 0.3) is 66.9 Å². The van der Waals surface area contributed by atoms with Crippen LogP contribution in [0.1, 0.15) is 124 Å². The highest BCUT2D eigenvalue weighted by Gasteiger charge is 2.46. The highest BCUT2D eigenvalue weighted by molar-refractivity contribution is 6.89. The lowest BCUT2D eigenvalue weighted by Crippen LogP contribution is -2.55. The van der Waals surface area contributed by atoms with Crippen molar-refractivity contribution in [2.45, 2.75) is 129 Å². The maximum absolute atomic E-state index is 7.28. The lowest BCUT2D eigenvalue weighted by atomic mass is 9.76. The number of rotatable bonds is 6. The highest BCUT2D eigenvalue weighted by atomic mass is 28.3. The van der Waals surface area contributed by atoms with Crippen molar-refractivity contribution in [3.05, 3.63) is 174 Å². The minimum atomic E-state index is -1.75. The predicted molar refractivity (Wildman–Crippen MR) is 286 cm³/mol. The van der Waals surface area contributed by atoms with Crippen molar-refractivity contribution in [2.24, 2.45) is 5.41 Å². The smallest absolute Gasteiger partial charge is 0.298 e. The Hall–Kier alpha value is -6.04. The minimum Gasteiger partial charge on any atom is -0.455 e. The third-order valence-electron chi connectivity index (χ3n) is 16.8. The molecule has 2 aliphatic heterocycles. The number of pyridine rings is 1. The monoisotopic (exact) mass is 910 g/mol. The summed E-state index contributed by atoms with van der Waals surface area (Å²) in [4.78, 5) is 0. The fourth-order valence-corrected chi connectivity index (χ4v) is 14.8. The van der Waals surface area contributed by atoms with Crippen molar-refractivity contribution in [1.82, 2.24) is 4.57 Å². The zero-order valence-electron chi connectivity index (χ0n) is 41.3. The van der Waals surface area contributed by atoms with Gasteiger partial charge in [-0.1, -0.05) is 162 Å². The SMILES string of the molecule is C=C1CC2C(CCc3cc(C(C)C)c4c(oc5ccccc54)c3-c3n(CC4(C)C=C(c5ccccc5)C=C4C)c4ccccc4[n+]31)c1ccccc1-c1cc(C3CCCCC3)c([Si](C)(C)C)c[n+]12. The predicted octanol–water partition coefficient (Wildman–Crippen LogP) is 15.4. The van der Waals surface area contributed by atoms with Crippen LogP contribution >= 0.6 is 0 Å². The maximum Gasteiger partial charge on any atom is 0.298 e. The fourth-order valence-electron chi connectivity index (χ4n) is 13.2. The molecule has 5 heterocycles. The van der Waals surface area contributed by atoms with Gasteiger partial charge in [0, 0.05) is 38.9 Å². The molecule has 8 aromatic rings. The molecular formula is C63H67N3OSi+2. The van der Waals surface area contributed by atoms with E-state index in [0.29, 0.717) is 17.8 Å². The zero-order chi connectivity index (χ0) is 46.6. The van der Waals surface area contributed by atoms with Crippen molar-refractivity contribution in [3.63, 3.8) is 0 Å². The summed E-state index contributed by atoms with van der Waals surface area (Å²) in [6.07, 6.45) is 17.1. The van der Waals surface area contributed by atoms with E-state index >= 15 is 0 Å². The molecule has 0 N–H and O–H groups in total. The average Bonchev–Trinajstić information content (AvgIpc) is 3.99. The summed E-state index contributed by atoms with van der Waals surface area (Å²) in [6.45, 7) is 23.2. The van der Waals surface area contributed by atoms with Gasteiger partial charge in [0.05, 0.1) is 14.5 Å². The Morgan fingerprint density at radius 3 is 2.37 bits per heavy atom. The van der Waals surface area contributed by atoms with E-state index in [-0.39, 0.29) is 11.5 Å². The van der Waals surface area contributed by atoms with Crippen molar-refractivity contribution in [2.75, 3.05) is 0 Å². The summed E-state index contributed by atoms with van der Waals surface area (Å²) in [5.74, 6) is 2.42. The van der Waals surface area contributed by atoms with Gasteiger partial charge < -0.3 is 4.42 Å². The molecule has 4 nitrogen and oxygen atoms in total. The summed E-state index contributed by atoms with van der Waals surface area (Å²) in [6, 6.07) is 43.6. The zero-order valence-corrected chi connectivity index (χ0v) is 42.3. The van der Waals surface area contributed by atoms with Gasteiger partial charge in [0.15, 0.2) is 28.9 Å². The molecule has 0 amide bonds. The third kappa shape index (κ3) is 6.89. The van der Waals surface area contributed by atoms with E-state index in [0.717, 1.165) is 42.7 Å². The number of hydrogen-bond donors (Lipinski definition) is 0. The van der Waals surface area contributed by atoms with E-state index in [9.17, 15) is 0 Å². The number of hydrogen-bond acceptors (Lipinski definition) is 1. The lowest BCUT2D eigenvalue weighted by Gasteiger charge is -2.34. The third-order valence-corrected chi connectivity index (χ3v) is 18.8. The van der Waals surface area contributed by atoms with Crippen LogP contribution in [0.4, 0.5) is 0 Å². The molecule has 5 heteroatoms. The summed E-state index contributed by atoms with van der Waals surface area (Å²) < 4.78 is 15.3. The molecule has 68 heavy (non-hydrogen) atoms. The Bertz CT molecular complexity index is 3400. The van der Waals surface area contributed by atoms with E-state index in [2.05, 4.69) is 195 Å². The second kappa shape index (κ2) is 16.3. The van der Waals surface area contributed by atoms with Crippen LogP contribution in [0.5, 0.6) is 0 Å². The topological polar surface area (TPSA) is 25.8 Å². The Morgan fingerprint density at radius 2 is 1.57 bits per heavy atom. The molecule has 342 valence electrons. The fraction of sp³-hybridized carbons (Fsp3) is 0.333. The Labute approximate surface area is 404 Å². The number of benzene rings is 5. The molecule has 5 aromatic carbocycles. The van der Waals surface area contributed by atoms with Crippen LogP contribution in [-0.4, -0.2) is 12.6 Å². The molecule has 3 atom stereocenters. The van der Waals surface area contributed by atoms with Gasteiger partial charge in [-0.3, -0.25) is 0 Å². The molecule has 0 radical (unpaired) electrons. The highest BCUT2D eigenvalue weighted by Crippen LogP contribution is 2.50. The first-order chi connectivity index (χ1) is 32.9. The molecule has 1 fully saturated rings. The van der Waals surface area contributed by atoms with Gasteiger partial charge in [0.25, 0.3) is 5.82 Å². The van der Waals surface area contributed by atoms with Crippen LogP contribution < -0.4 is 14.3 Å². The molecular weight excluding hydrogens is 843 g/mol. The number of aryl methyl sites for hydroxylation is 1. The first-order valence-electron chi connectivity index (χ1n) is 25.7. The van der Waals surface area contributed by atoms with Crippen molar-refractivity contribution in [3.8, 4) is 22.6 Å². The Morgan fingerprint density at radius 1 is 0.838 bits per heavy atom. The van der Waals surface area contributed by atoms with E-state index in [4.69, 9.17) is 11.0 Å². The van der Waals surface area contributed by atoms with Gasteiger partial charge >= 0.3 is 0 Å². The van der Waals surface area contributed by atoms with E-state index in [1.54, 1.807) is 10.8 Å². The Kier molecular flexibility index (Phi) is 10.4. The van der Waals surface area contributed by atoms with Crippen LogP contribution in [0.2, 0.25) is 19.6 Å². The second-order valence-corrected chi connectivity index (χ2v) is 27.5. The second-order valence-electron chi connectivity index (χ2n) is 22.5. The van der Waals surface area contributed by atoms with Crippen molar-refractivity contribution in [1.29, 1.82) is 0 Å². The summed E-state index contributed by atoms with van der Waals surface area (Å²) in [7, 11) is -1.75. The maximum atomic E-state index is 7.28. The molecule has 3 aromatic heterocycles. The van der Waals surface area contributed by atoms with Gasteiger partial charge in [-0.25, -0.2) is 4.57 Å². The lowest BCUT2D eigenvalue weighted by molar-refractivity contribution is -0.719. The van der Waals surface area contributed by atoms with Crippen molar-refractivity contribution >= 4 is 57.5 Å². The van der Waals surface area contributed by atoms with Gasteiger partial charge in [-0.2, -0.15) is 9.13 Å². The molecule has 0 saturated heterocycles. The molecule has 2 aliphatic carbocycles. The Balaban J connectivity index is 1.13. The standard InChI is InChI=1S/C63H67N3OSi/c1-40(2)51-35-45-31-32-49-47-25-15-16-26-48(47)56-36-52(44-23-13-10-14-24-44)58(68(6,7)8)38-64(56)55(49)34-42(4)66-54-29-19-18-28-53(54)65(39-63(5)37-46(33-41(63)3)43-21-11-9-12-22-43)62(66)59(45)61-60(51)50-27-17-20-30-57(50)67-61/h9,11-12,15-22,25-30,33,35-38,40,44,49,55H,4,10,13-14,23-24,31-32,34,39H2,1-3,5-8H3/q+2. The number of para-hydroxylation sites is 3. The summed E-state index contributed by atoms with van der Waals surface area (Å²) >= 11 is 0. The molecule has 3 unspecified atom stereocenters. The van der Waals surface area contributed by atoms with Gasteiger partial charge in [-0.15, -0.1) is 0 Å². The van der Waals surface area contributed by atoms with Gasteiger partial charge in [0.1, 0.15) is 23.4 Å². The molecule has 1 saturated carbocycles. The van der Waals surface area contributed by atoms with Crippen molar-refractivity contribution < 1.29 is 13.6 Å². The summed E-state index contributed by atoms with van der Waals surface area (Å²) in [5, 5.41) is 4.08. The largest absolute Gasteiger partial charge is 0.455 e. The number of fused-ring (bicyclic) bond motifs is 15. The number of nitrogens with zero attached hydrogens (tertiary/aromatic N) is 3. The first-order valence-corrected chi connectivity index (χ1v) is 29.2.